The number of likely N-dealkylation sites (tertiary alicyclic amines) is 4. The van der Waals surface area contributed by atoms with Gasteiger partial charge in [0.1, 0.15) is 0 Å². The molecule has 14 atom stereocenters. The minimum atomic E-state index is -3.03. The number of amides is 4. The van der Waals surface area contributed by atoms with Gasteiger partial charge in [-0.3, -0.25) is 19.2 Å². The first-order valence-corrected chi connectivity index (χ1v) is 38.9. The average molecular weight is 1220 g/mol. The third kappa shape index (κ3) is 18.0. The fourth-order valence-corrected chi connectivity index (χ4v) is 22.1. The fourth-order valence-electron chi connectivity index (χ4n) is 18.9. The molecular weight excluding hydrogens is 1100 g/mol. The second-order valence-electron chi connectivity index (χ2n) is 29.2. The summed E-state index contributed by atoms with van der Waals surface area (Å²) in [6, 6.07) is 1.98. The maximum Gasteiger partial charge on any atom is 0.239 e. The molecule has 0 aromatic carbocycles. The number of carbonyl (C=O) groups is 4. The van der Waals surface area contributed by atoms with E-state index < -0.39 is 9.84 Å². The van der Waals surface area contributed by atoms with Gasteiger partial charge in [-0.1, -0.05) is 96.3 Å². The van der Waals surface area contributed by atoms with Crippen molar-refractivity contribution < 1.29 is 27.6 Å². The Morgan fingerprint density at radius 2 is 0.671 bits per heavy atom. The van der Waals surface area contributed by atoms with Crippen LogP contribution in [0.2, 0.25) is 0 Å². The molecule has 6 saturated heterocycles. The van der Waals surface area contributed by atoms with E-state index in [4.69, 9.17) is 0 Å². The third-order valence-electron chi connectivity index (χ3n) is 24.0. The molecule has 14 nitrogen and oxygen atoms in total. The van der Waals surface area contributed by atoms with E-state index in [1.165, 1.54) is 198 Å². The summed E-state index contributed by atoms with van der Waals surface area (Å²) in [5, 5.41) is 13.3. The first-order valence-electron chi connectivity index (χ1n) is 36.1. The lowest BCUT2D eigenvalue weighted by molar-refractivity contribution is -0.136. The second kappa shape index (κ2) is 33.9. The molecule has 85 heavy (non-hydrogen) atoms. The molecule has 0 aromatic rings. The quantitative estimate of drug-likeness (QED) is 0.138. The van der Waals surface area contributed by atoms with Crippen LogP contribution in [0, 0.1) is 35.5 Å². The largest absolute Gasteiger partial charge is 0.338 e. The van der Waals surface area contributed by atoms with Gasteiger partial charge in [-0.2, -0.15) is 11.8 Å². The number of hydrogen-bond donors (Lipinski definition) is 4. The van der Waals surface area contributed by atoms with Crippen LogP contribution in [0.25, 0.3) is 0 Å². The number of carbonyl (C=O) groups excluding carboxylic acids is 4. The molecule has 12 rings (SSSR count). The lowest BCUT2D eigenvalue weighted by Crippen LogP contribution is -2.52. The zero-order valence-corrected chi connectivity index (χ0v) is 55.7. The minimum absolute atomic E-state index is 0.0615. The Morgan fingerprint density at radius 3 is 1.04 bits per heavy atom. The number of sulfone groups is 1. The molecule has 14 unspecified atom stereocenters. The Morgan fingerprint density at radius 1 is 0.341 bits per heavy atom. The molecule has 6 saturated carbocycles. The highest BCUT2D eigenvalue weighted by Crippen LogP contribution is 2.42. The van der Waals surface area contributed by atoms with Gasteiger partial charge in [0.05, 0.1) is 35.2 Å². The third-order valence-corrected chi connectivity index (χ3v) is 27.6. The Balaban J connectivity index is 0.000000136. The molecule has 0 aromatic heterocycles. The smallest absolute Gasteiger partial charge is 0.239 e. The van der Waals surface area contributed by atoms with Crippen LogP contribution in [0.3, 0.4) is 0 Å². The van der Waals surface area contributed by atoms with E-state index in [0.717, 1.165) is 101 Å². The summed E-state index contributed by atoms with van der Waals surface area (Å²) in [6.07, 6.45) is 48.2. The Hall–Kier alpha value is -1.98. The van der Waals surface area contributed by atoms with Crippen LogP contribution in [0.1, 0.15) is 250 Å². The molecular formula is C69H122N8O6S2. The Bertz CT molecular complexity index is 2010. The molecule has 6 aliphatic heterocycles. The summed E-state index contributed by atoms with van der Waals surface area (Å²) in [5.74, 6) is 7.29. The standard InChI is InChI=1S/2C18H32N2O.C17H30N2OS.C16H28N2O3S/c2*1-19-16-12-11-15-9-6-10-17(15)20(18(16)21)13-14-7-4-2-3-5-8-14;1-18-15-10-9-13-6-5-8-16(13)19(17(15)20)12-14-7-3-2-4-11-21-14;1-17-14-9-8-12-5-4-7-15(12)18(16(14)19)11-13-6-2-3-10-22(13,20)21/h2*14-17,19H,2-13H2,1H3;13-16,18H,2-12H2,1H3;12-15,17H,2-11H2,1H3. The van der Waals surface area contributed by atoms with E-state index in [0.29, 0.717) is 65.7 Å². The van der Waals surface area contributed by atoms with Crippen LogP contribution in [-0.4, -0.2) is 176 Å². The van der Waals surface area contributed by atoms with Crippen LogP contribution in [0.15, 0.2) is 0 Å². The van der Waals surface area contributed by atoms with Crippen molar-refractivity contribution >= 4 is 45.2 Å². The maximum atomic E-state index is 12.9. The van der Waals surface area contributed by atoms with Gasteiger partial charge in [0.2, 0.25) is 23.6 Å². The first-order chi connectivity index (χ1) is 41.4. The van der Waals surface area contributed by atoms with Gasteiger partial charge in [-0.15, -0.1) is 0 Å². The second-order valence-corrected chi connectivity index (χ2v) is 33.0. The normalized spacial score (nSPS) is 36.8. The zero-order valence-electron chi connectivity index (χ0n) is 54.1. The van der Waals surface area contributed by atoms with Gasteiger partial charge >= 0.3 is 0 Å². The number of nitrogens with one attached hydrogen (secondary N) is 4. The molecule has 0 bridgehead atoms. The SMILES string of the molecule is CNC1CCC2CCCC2N(CC2CCCCCC2)C1=O.CNC1CCC2CCCC2N(CC2CCCCCC2)C1=O.CNC1CCC2CCCC2N(CC2CCCCCS2)C1=O.CNC1CCC2CCCC2N(CC2CCCCS2(=O)=O)C1=O. The van der Waals surface area contributed by atoms with Crippen molar-refractivity contribution in [3.8, 4) is 0 Å². The van der Waals surface area contributed by atoms with E-state index >= 15 is 0 Å². The van der Waals surface area contributed by atoms with Crippen LogP contribution >= 0.6 is 11.8 Å². The summed E-state index contributed by atoms with van der Waals surface area (Å²) in [5.41, 5.74) is 0. The predicted molar refractivity (Wildman–Crippen MR) is 348 cm³/mol. The Kier molecular flexibility index (Phi) is 26.9. The molecule has 6 aliphatic carbocycles. The summed E-state index contributed by atoms with van der Waals surface area (Å²) >= 11 is 2.12. The van der Waals surface area contributed by atoms with E-state index in [1.807, 2.05) is 33.1 Å². The van der Waals surface area contributed by atoms with E-state index in [2.05, 4.69) is 47.7 Å². The highest BCUT2D eigenvalue weighted by Gasteiger charge is 2.46. The van der Waals surface area contributed by atoms with Gasteiger partial charge in [0, 0.05) is 55.6 Å². The van der Waals surface area contributed by atoms with E-state index in [-0.39, 0.29) is 41.4 Å². The molecule has 16 heteroatoms. The molecule has 12 aliphatic rings. The fraction of sp³-hybridized carbons (Fsp3) is 0.942. The van der Waals surface area contributed by atoms with E-state index in [9.17, 15) is 27.6 Å². The van der Waals surface area contributed by atoms with Crippen LogP contribution in [-0.2, 0) is 29.0 Å². The van der Waals surface area contributed by atoms with Gasteiger partial charge < -0.3 is 40.9 Å². The number of hydrogen-bond acceptors (Lipinski definition) is 11. The van der Waals surface area contributed by atoms with Crippen molar-refractivity contribution in [2.24, 2.45) is 35.5 Å². The molecule has 12 fully saturated rings. The van der Waals surface area contributed by atoms with Crippen LogP contribution in [0.5, 0.6) is 0 Å². The monoisotopic (exact) mass is 1220 g/mol. The minimum Gasteiger partial charge on any atom is -0.338 e. The highest BCUT2D eigenvalue weighted by molar-refractivity contribution is 7.99. The van der Waals surface area contributed by atoms with Gasteiger partial charge in [0.15, 0.2) is 9.84 Å². The van der Waals surface area contributed by atoms with Crippen molar-refractivity contribution in [3.05, 3.63) is 0 Å². The van der Waals surface area contributed by atoms with Crippen molar-refractivity contribution in [2.75, 3.05) is 65.9 Å². The lowest BCUT2D eigenvalue weighted by Gasteiger charge is -2.36. The van der Waals surface area contributed by atoms with Crippen LogP contribution in [0.4, 0.5) is 0 Å². The number of nitrogens with zero attached hydrogens (tertiary/aromatic N) is 4. The maximum absolute atomic E-state index is 12.9. The van der Waals surface area contributed by atoms with E-state index in [1.54, 1.807) is 0 Å². The van der Waals surface area contributed by atoms with Crippen molar-refractivity contribution in [3.63, 3.8) is 0 Å². The van der Waals surface area contributed by atoms with Crippen molar-refractivity contribution in [1.29, 1.82) is 0 Å². The van der Waals surface area contributed by atoms with Gasteiger partial charge in [0.25, 0.3) is 0 Å². The first kappa shape index (κ1) is 67.4. The molecule has 0 spiro atoms. The highest BCUT2D eigenvalue weighted by atomic mass is 32.2. The molecule has 6 heterocycles. The topological polar surface area (TPSA) is 164 Å². The predicted octanol–water partition coefficient (Wildman–Crippen LogP) is 11.0. The summed E-state index contributed by atoms with van der Waals surface area (Å²) in [7, 11) is 4.66. The van der Waals surface area contributed by atoms with Gasteiger partial charge in [-0.25, -0.2) is 8.42 Å². The lowest BCUT2D eigenvalue weighted by atomic mass is 9.95. The summed E-state index contributed by atoms with van der Waals surface area (Å²) in [6.45, 7) is 3.50. The molecule has 486 valence electrons. The number of rotatable bonds is 12. The van der Waals surface area contributed by atoms with Crippen molar-refractivity contribution in [1.82, 2.24) is 40.9 Å². The van der Waals surface area contributed by atoms with Crippen molar-refractivity contribution in [2.45, 2.75) is 309 Å². The average Bonchev–Trinajstić information content (AvgIpc) is 4.26. The van der Waals surface area contributed by atoms with Gasteiger partial charge in [-0.05, 0) is 224 Å². The number of thioether (sulfide) groups is 1. The summed E-state index contributed by atoms with van der Waals surface area (Å²) in [4.78, 5) is 60.6. The van der Waals surface area contributed by atoms with Crippen LogP contribution < -0.4 is 21.3 Å². The molecule has 0 radical (unpaired) electrons. The number of fused-ring (bicyclic) bond motifs is 4. The summed E-state index contributed by atoms with van der Waals surface area (Å²) < 4.78 is 24.7. The molecule has 4 N–H and O–H groups in total. The molecule has 4 amide bonds. The zero-order chi connectivity index (χ0) is 59.7. The number of likely N-dealkylation sites (N-methyl/N-ethyl adjacent to an activating group) is 4. The Labute approximate surface area is 521 Å².